The summed E-state index contributed by atoms with van der Waals surface area (Å²) in [5.41, 5.74) is 1.65. The summed E-state index contributed by atoms with van der Waals surface area (Å²) >= 11 is 0. The third-order valence-electron chi connectivity index (χ3n) is 4.93. The zero-order valence-electron chi connectivity index (χ0n) is 14.7. The fourth-order valence-electron chi connectivity index (χ4n) is 3.47. The molecule has 0 aliphatic carbocycles. The summed E-state index contributed by atoms with van der Waals surface area (Å²) < 4.78 is 1.88. The number of fused-ring (bicyclic) bond motifs is 1. The van der Waals surface area contributed by atoms with E-state index < -0.39 is 0 Å². The van der Waals surface area contributed by atoms with Gasteiger partial charge in [0.05, 0.1) is 37.6 Å². The monoisotopic (exact) mass is 357 g/mol. The van der Waals surface area contributed by atoms with Gasteiger partial charge in [-0.3, -0.25) is 14.4 Å². The number of anilines is 1. The first-order valence-corrected chi connectivity index (χ1v) is 8.91. The minimum absolute atomic E-state index is 0.0661. The Morgan fingerprint density at radius 2 is 1.85 bits per heavy atom. The number of aliphatic hydroxyl groups is 1. The van der Waals surface area contributed by atoms with Gasteiger partial charge < -0.3 is 14.9 Å². The third-order valence-corrected chi connectivity index (χ3v) is 4.93. The molecule has 0 unspecified atom stereocenters. The second kappa shape index (κ2) is 7.38. The number of carbonyl (C=O) groups excluding carboxylic acids is 1. The van der Waals surface area contributed by atoms with Gasteiger partial charge in [-0.25, -0.2) is 9.97 Å². The van der Waals surface area contributed by atoms with Crippen molar-refractivity contribution in [3.63, 3.8) is 0 Å². The fraction of sp³-hybridized carbons (Fsp3) is 0.529. The number of aromatic nitrogens is 4. The highest BCUT2D eigenvalue weighted by molar-refractivity contribution is 5.78. The average Bonchev–Trinajstić information content (AvgIpc) is 3.11. The number of hydrogen-bond acceptors (Lipinski definition) is 7. The van der Waals surface area contributed by atoms with E-state index in [4.69, 9.17) is 0 Å². The molecule has 2 aromatic rings. The van der Waals surface area contributed by atoms with Crippen LogP contribution < -0.4 is 4.90 Å². The molecule has 26 heavy (non-hydrogen) atoms. The number of hydrogen-bond donors (Lipinski definition) is 1. The van der Waals surface area contributed by atoms with E-state index in [1.54, 1.807) is 12.4 Å². The summed E-state index contributed by atoms with van der Waals surface area (Å²) in [6.07, 6.45) is 3.50. The van der Waals surface area contributed by atoms with Crippen molar-refractivity contribution in [3.05, 3.63) is 35.9 Å². The second-order valence-corrected chi connectivity index (χ2v) is 6.64. The minimum Gasteiger partial charge on any atom is -0.390 e. The molecular formula is C17H23N7O2. The Morgan fingerprint density at radius 1 is 1.08 bits per heavy atom. The maximum absolute atomic E-state index is 12.7. The number of piperazine rings is 1. The maximum atomic E-state index is 12.7. The molecule has 4 rings (SSSR count). The van der Waals surface area contributed by atoms with E-state index in [1.165, 1.54) is 0 Å². The lowest BCUT2D eigenvalue weighted by Crippen LogP contribution is -2.51. The van der Waals surface area contributed by atoms with Crippen molar-refractivity contribution in [1.29, 1.82) is 0 Å². The highest BCUT2D eigenvalue weighted by atomic mass is 16.3. The van der Waals surface area contributed by atoms with E-state index in [0.717, 1.165) is 37.8 Å². The Hall–Kier alpha value is -2.52. The first kappa shape index (κ1) is 16.9. The van der Waals surface area contributed by atoms with E-state index >= 15 is 0 Å². The lowest BCUT2D eigenvalue weighted by atomic mass is 10.2. The number of rotatable bonds is 4. The molecule has 9 heteroatoms. The first-order chi connectivity index (χ1) is 12.7. The van der Waals surface area contributed by atoms with Gasteiger partial charge in [0.15, 0.2) is 0 Å². The molecule has 0 spiro atoms. The smallest absolute Gasteiger partial charge is 0.237 e. The molecule has 0 aromatic carbocycles. The Morgan fingerprint density at radius 3 is 2.58 bits per heavy atom. The Labute approximate surface area is 151 Å². The van der Waals surface area contributed by atoms with Gasteiger partial charge in [-0.05, 0) is 12.1 Å². The second-order valence-electron chi connectivity index (χ2n) is 6.64. The van der Waals surface area contributed by atoms with Gasteiger partial charge in [0.2, 0.25) is 11.9 Å². The molecule has 1 fully saturated rings. The molecule has 0 saturated carbocycles. The lowest BCUT2D eigenvalue weighted by molar-refractivity contribution is -0.134. The topological polar surface area (TPSA) is 90.6 Å². The van der Waals surface area contributed by atoms with Crippen molar-refractivity contribution in [2.75, 3.05) is 44.2 Å². The van der Waals surface area contributed by atoms with Crippen LogP contribution in [-0.2, 0) is 24.5 Å². The average molecular weight is 357 g/mol. The lowest BCUT2D eigenvalue weighted by Gasteiger charge is -2.36. The largest absolute Gasteiger partial charge is 0.390 e. The first-order valence-electron chi connectivity index (χ1n) is 8.91. The van der Waals surface area contributed by atoms with Gasteiger partial charge in [-0.2, -0.15) is 5.10 Å². The molecule has 9 nitrogen and oxygen atoms in total. The quantitative estimate of drug-likeness (QED) is 0.776. The van der Waals surface area contributed by atoms with Crippen LogP contribution in [-0.4, -0.2) is 79.8 Å². The van der Waals surface area contributed by atoms with Crippen molar-refractivity contribution in [2.24, 2.45) is 0 Å². The fourth-order valence-corrected chi connectivity index (χ4v) is 3.47. The molecule has 0 bridgehead atoms. The number of amides is 1. The number of aliphatic hydroxyl groups excluding tert-OH is 1. The van der Waals surface area contributed by atoms with Gasteiger partial charge in [-0.15, -0.1) is 0 Å². The van der Waals surface area contributed by atoms with Crippen LogP contribution in [0.15, 0.2) is 24.5 Å². The SMILES string of the molecule is O=C(CN1CCN(c2ncccn2)CC1)N1CCn2nc(CO)cc2C1. The molecule has 2 aromatic heterocycles. The summed E-state index contributed by atoms with van der Waals surface area (Å²) in [6, 6.07) is 3.69. The van der Waals surface area contributed by atoms with Crippen molar-refractivity contribution in [1.82, 2.24) is 29.5 Å². The predicted octanol–water partition coefficient (Wildman–Crippen LogP) is -0.670. The summed E-state index contributed by atoms with van der Waals surface area (Å²) in [7, 11) is 0. The van der Waals surface area contributed by atoms with Gasteiger partial charge in [-0.1, -0.05) is 0 Å². The van der Waals surface area contributed by atoms with Gasteiger partial charge in [0.25, 0.3) is 0 Å². The van der Waals surface area contributed by atoms with Gasteiger partial charge in [0, 0.05) is 45.1 Å². The predicted molar refractivity (Wildman–Crippen MR) is 94.3 cm³/mol. The van der Waals surface area contributed by atoms with Crippen molar-refractivity contribution in [2.45, 2.75) is 19.7 Å². The molecule has 4 heterocycles. The maximum Gasteiger partial charge on any atom is 0.237 e. The van der Waals surface area contributed by atoms with E-state index in [9.17, 15) is 9.90 Å². The standard InChI is InChI=1S/C17H23N7O2/c25-13-14-10-15-11-23(8-9-24(15)20-14)16(26)12-21-4-6-22(7-5-21)17-18-2-1-3-19-17/h1-3,10,25H,4-9,11-13H2. The molecule has 138 valence electrons. The Kier molecular flexibility index (Phi) is 4.81. The molecule has 2 aliphatic heterocycles. The van der Waals surface area contributed by atoms with Gasteiger partial charge >= 0.3 is 0 Å². The summed E-state index contributed by atoms with van der Waals surface area (Å²) in [5, 5.41) is 13.5. The molecule has 1 amide bonds. The van der Waals surface area contributed by atoms with Gasteiger partial charge in [0.1, 0.15) is 0 Å². The molecular weight excluding hydrogens is 334 g/mol. The van der Waals surface area contributed by atoms with Crippen LogP contribution in [0.25, 0.3) is 0 Å². The van der Waals surface area contributed by atoms with Crippen molar-refractivity contribution < 1.29 is 9.90 Å². The van der Waals surface area contributed by atoms with E-state index in [2.05, 4.69) is 24.9 Å². The highest BCUT2D eigenvalue weighted by Gasteiger charge is 2.25. The third kappa shape index (κ3) is 3.54. The molecule has 1 saturated heterocycles. The van der Waals surface area contributed by atoms with E-state index in [-0.39, 0.29) is 12.5 Å². The van der Waals surface area contributed by atoms with Crippen LogP contribution in [0.5, 0.6) is 0 Å². The Bertz CT molecular complexity index is 756. The van der Waals surface area contributed by atoms with Crippen LogP contribution in [0.1, 0.15) is 11.4 Å². The normalized spacial score (nSPS) is 18.0. The summed E-state index contributed by atoms with van der Waals surface area (Å²) in [4.78, 5) is 27.5. The summed E-state index contributed by atoms with van der Waals surface area (Å²) in [6.45, 7) is 5.57. The van der Waals surface area contributed by atoms with Crippen LogP contribution in [0.2, 0.25) is 0 Å². The van der Waals surface area contributed by atoms with Crippen LogP contribution in [0.4, 0.5) is 5.95 Å². The van der Waals surface area contributed by atoms with Crippen LogP contribution in [0, 0.1) is 0 Å². The molecule has 0 atom stereocenters. The van der Waals surface area contributed by atoms with Crippen molar-refractivity contribution >= 4 is 11.9 Å². The zero-order chi connectivity index (χ0) is 17.9. The summed E-state index contributed by atoms with van der Waals surface area (Å²) in [5.74, 6) is 0.898. The minimum atomic E-state index is -0.0661. The molecule has 2 aliphatic rings. The number of carbonyl (C=O) groups is 1. The molecule has 1 N–H and O–H groups in total. The molecule has 0 radical (unpaired) electrons. The number of nitrogens with zero attached hydrogens (tertiary/aromatic N) is 7. The van der Waals surface area contributed by atoms with Crippen LogP contribution >= 0.6 is 0 Å². The Balaban J connectivity index is 1.29. The highest BCUT2D eigenvalue weighted by Crippen LogP contribution is 2.15. The van der Waals surface area contributed by atoms with Crippen molar-refractivity contribution in [3.8, 4) is 0 Å². The zero-order valence-corrected chi connectivity index (χ0v) is 14.7. The van der Waals surface area contributed by atoms with E-state index in [0.29, 0.717) is 31.9 Å². The van der Waals surface area contributed by atoms with Crippen LogP contribution in [0.3, 0.4) is 0 Å². The van der Waals surface area contributed by atoms with E-state index in [1.807, 2.05) is 21.7 Å².